The highest BCUT2D eigenvalue weighted by Gasteiger charge is 2.58. The molecule has 2 unspecified atom stereocenters. The van der Waals surface area contributed by atoms with Crippen molar-refractivity contribution in [1.82, 2.24) is 52.3 Å². The third kappa shape index (κ3) is 19.0. The summed E-state index contributed by atoms with van der Waals surface area (Å²) in [6.45, 7) is 20.2. The summed E-state index contributed by atoms with van der Waals surface area (Å²) in [5.74, 6) is -4.85. The third-order valence-electron chi connectivity index (χ3n) is 17.0. The monoisotopic (exact) mass is 1280 g/mol. The van der Waals surface area contributed by atoms with Crippen LogP contribution in [-0.2, 0) is 76.5 Å². The number of ether oxygens (including phenoxy) is 5. The molecule has 10 amide bonds. The van der Waals surface area contributed by atoms with Crippen LogP contribution >= 0.6 is 0 Å². The molecular formula is C61H96N12O18. The summed E-state index contributed by atoms with van der Waals surface area (Å²) in [5.41, 5.74) is -3.59. The van der Waals surface area contributed by atoms with Gasteiger partial charge >= 0.3 is 12.2 Å². The normalized spacial score (nSPS) is 25.8. The number of hydrogen-bond acceptors (Lipinski definition) is 20. The highest BCUT2D eigenvalue weighted by atomic mass is 16.7. The van der Waals surface area contributed by atoms with Gasteiger partial charge in [0.15, 0.2) is 17.3 Å². The Kier molecular flexibility index (Phi) is 24.2. The van der Waals surface area contributed by atoms with Gasteiger partial charge in [-0.2, -0.15) is 0 Å². The molecule has 6 fully saturated rings. The molecule has 6 heterocycles. The molecule has 2 aliphatic carbocycles. The van der Waals surface area contributed by atoms with Crippen molar-refractivity contribution in [2.24, 2.45) is 21.1 Å². The average molecular weight is 1290 g/mol. The Labute approximate surface area is 531 Å². The smallest absolute Gasteiger partial charge is 0.408 e. The van der Waals surface area contributed by atoms with Crippen molar-refractivity contribution in [3.8, 4) is 0 Å². The molecular weight excluding hydrogens is 1190 g/mol. The van der Waals surface area contributed by atoms with Gasteiger partial charge < -0.3 is 85.7 Å². The van der Waals surface area contributed by atoms with Gasteiger partial charge in [-0.3, -0.25) is 43.2 Å². The van der Waals surface area contributed by atoms with E-state index in [0.717, 1.165) is 25.7 Å². The average Bonchev–Trinajstić information content (AvgIpc) is 1.64. The van der Waals surface area contributed by atoms with Crippen molar-refractivity contribution in [3.63, 3.8) is 0 Å². The standard InChI is InChI=1S/C31H50N6O9.C30H46N6O9/c1-7-9-20(23(43-6)27(40)33-18-10-11-18)34-26(39)22-15-31(14-21(36-46-31)25(38)32-8-2)17-37(22)28(41)24(30(3,4)5)35-29(42)45-19-12-13-44-16-19;1-6-8-19(22(37)26(40)32-17-9-10-17)33-25(39)21-14-30(13-20(35-45-30)24(38)31-7-2)16-36(21)27(41)23(29(3,4)5)34-28(42)44-18-11-12-43-15-18/h18-20,22-24H,7-17H2,1-6H3,(H,32,38)(H,33,40)(H,34,39)(H,35,42);17-19,21,23H,6-16H2,1-5H3,(H,31,38)(H,32,40)(H,33,39)(H,34,42)/t19-,20-,22-,23?,24+,31?;18-,19-,21-,23+,30+/m00/s1. The van der Waals surface area contributed by atoms with Crippen molar-refractivity contribution in [1.29, 1.82) is 0 Å². The molecule has 508 valence electrons. The first kappa shape index (κ1) is 71.2. The molecule has 4 saturated heterocycles. The summed E-state index contributed by atoms with van der Waals surface area (Å²) in [7, 11) is 1.43. The zero-order chi connectivity index (χ0) is 66.6. The van der Waals surface area contributed by atoms with Crippen LogP contribution in [0.15, 0.2) is 10.3 Å². The highest BCUT2D eigenvalue weighted by molar-refractivity contribution is 6.40. The zero-order valence-electron chi connectivity index (χ0n) is 54.5. The van der Waals surface area contributed by atoms with E-state index in [-0.39, 0.29) is 93.7 Å². The molecule has 0 aromatic rings. The summed E-state index contributed by atoms with van der Waals surface area (Å²) < 4.78 is 27.1. The Hall–Kier alpha value is -7.21. The Balaban J connectivity index is 0.000000259. The fourth-order valence-electron chi connectivity index (χ4n) is 11.8. The van der Waals surface area contributed by atoms with Gasteiger partial charge in [0.05, 0.1) is 51.6 Å². The topological polar surface area (TPSA) is 380 Å². The number of oxime groups is 2. The predicted molar refractivity (Wildman–Crippen MR) is 325 cm³/mol. The van der Waals surface area contributed by atoms with Crippen LogP contribution in [0.25, 0.3) is 0 Å². The lowest BCUT2D eigenvalue weighted by molar-refractivity contribution is -0.144. The molecule has 8 aliphatic rings. The van der Waals surface area contributed by atoms with Gasteiger partial charge in [0.25, 0.3) is 23.6 Å². The Morgan fingerprint density at radius 2 is 1.03 bits per heavy atom. The van der Waals surface area contributed by atoms with E-state index < -0.39 is 130 Å². The first-order valence-electron chi connectivity index (χ1n) is 32.1. The number of nitrogens with zero attached hydrogens (tertiary/aromatic N) is 4. The van der Waals surface area contributed by atoms with Crippen molar-refractivity contribution in [2.75, 3.05) is 59.7 Å². The number of methoxy groups -OCH3 is 1. The first-order valence-corrected chi connectivity index (χ1v) is 32.1. The van der Waals surface area contributed by atoms with E-state index in [0.29, 0.717) is 58.4 Å². The minimum Gasteiger partial charge on any atom is -0.444 e. The summed E-state index contributed by atoms with van der Waals surface area (Å²) in [6, 6.07) is -6.06. The molecule has 0 radical (unpaired) electrons. The second-order valence-corrected chi connectivity index (χ2v) is 27.0. The molecule has 91 heavy (non-hydrogen) atoms. The number of hydrogen-bond donors (Lipinski definition) is 8. The van der Waals surface area contributed by atoms with Crippen LogP contribution in [0.4, 0.5) is 9.59 Å². The number of amides is 10. The van der Waals surface area contributed by atoms with Gasteiger partial charge in [-0.25, -0.2) is 9.59 Å². The van der Waals surface area contributed by atoms with Gasteiger partial charge in [-0.15, -0.1) is 0 Å². The molecule has 0 aromatic carbocycles. The molecule has 8 N–H and O–H groups in total. The van der Waals surface area contributed by atoms with E-state index in [4.69, 9.17) is 33.4 Å². The molecule has 8 rings (SSSR count). The SMILES string of the molecule is CCC[C@H](NC(=O)[C@@H]1CC2(CC(C(=O)NCC)=NO2)CN1C(=O)[C@@H](NC(=O)O[C@H]1CCOC1)C(C)(C)C)C(OC)C(=O)NC1CC1.CCC[C@H](NC(=O)[C@@H]1C[C@]2(CC(C(=O)NCC)=NO2)CN1C(=O)[C@@H](NC(=O)O[C@H]1CCOC1)C(C)(C)C)C(=O)C(=O)NC1CC1. The van der Waals surface area contributed by atoms with Gasteiger partial charge in [-0.05, 0) is 63.2 Å². The van der Waals surface area contributed by atoms with Crippen molar-refractivity contribution < 1.29 is 86.1 Å². The maximum atomic E-state index is 14.4. The summed E-state index contributed by atoms with van der Waals surface area (Å²) in [4.78, 5) is 160. The minimum atomic E-state index is -1.18. The molecule has 6 aliphatic heterocycles. The number of rotatable bonds is 25. The molecule has 2 saturated carbocycles. The van der Waals surface area contributed by atoms with Gasteiger partial charge in [0.1, 0.15) is 47.8 Å². The number of alkyl carbamates (subject to hydrolysis) is 2. The number of carbonyl (C=O) groups excluding carboxylic acids is 11. The number of nitrogens with one attached hydrogen (secondary N) is 8. The van der Waals surface area contributed by atoms with E-state index in [1.807, 2.05) is 13.8 Å². The first-order chi connectivity index (χ1) is 43.1. The quantitative estimate of drug-likeness (QED) is 0.0592. The largest absolute Gasteiger partial charge is 0.444 e. The fraction of sp³-hybridized carbons (Fsp3) is 0.787. The van der Waals surface area contributed by atoms with Crippen LogP contribution in [-0.4, -0.2) is 224 Å². The number of ketones is 1. The van der Waals surface area contributed by atoms with E-state index in [2.05, 4.69) is 52.8 Å². The molecule has 30 heteroatoms. The van der Waals surface area contributed by atoms with Crippen LogP contribution in [0.2, 0.25) is 0 Å². The minimum absolute atomic E-state index is 0.0288. The van der Waals surface area contributed by atoms with Crippen LogP contribution in [0.1, 0.15) is 159 Å². The van der Waals surface area contributed by atoms with Gasteiger partial charge in [0.2, 0.25) is 29.4 Å². The summed E-state index contributed by atoms with van der Waals surface area (Å²) in [6.07, 6.45) is 3.19. The van der Waals surface area contributed by atoms with Crippen molar-refractivity contribution in [3.05, 3.63) is 0 Å². The van der Waals surface area contributed by atoms with Crippen molar-refractivity contribution >= 4 is 76.7 Å². The van der Waals surface area contributed by atoms with Crippen molar-refractivity contribution in [2.45, 2.75) is 237 Å². The number of Topliss-reactive ketones (excluding diaryl/α,β-unsaturated/α-hetero) is 1. The van der Waals surface area contributed by atoms with Gasteiger partial charge in [-0.1, -0.05) is 78.5 Å². The second-order valence-electron chi connectivity index (χ2n) is 27.0. The third-order valence-corrected chi connectivity index (χ3v) is 17.0. The van der Waals surface area contributed by atoms with Crippen LogP contribution in [0.5, 0.6) is 0 Å². The van der Waals surface area contributed by atoms with E-state index >= 15 is 0 Å². The van der Waals surface area contributed by atoms with E-state index in [1.54, 1.807) is 55.4 Å². The zero-order valence-corrected chi connectivity index (χ0v) is 54.5. The fourth-order valence-corrected chi connectivity index (χ4v) is 11.8. The maximum absolute atomic E-state index is 14.4. The van der Waals surface area contributed by atoms with Crippen LogP contribution in [0.3, 0.4) is 0 Å². The van der Waals surface area contributed by atoms with E-state index in [1.165, 1.54) is 16.9 Å². The Morgan fingerprint density at radius 3 is 1.42 bits per heavy atom. The maximum Gasteiger partial charge on any atom is 0.408 e. The molecule has 11 atom stereocenters. The lowest BCUT2D eigenvalue weighted by atomic mass is 9.85. The number of likely N-dealkylation sites (tertiary alicyclic amines) is 2. The molecule has 2 spiro atoms. The lowest BCUT2D eigenvalue weighted by Crippen LogP contribution is -2.60. The summed E-state index contributed by atoms with van der Waals surface area (Å²) >= 11 is 0. The van der Waals surface area contributed by atoms with Crippen LogP contribution < -0.4 is 42.5 Å². The summed E-state index contributed by atoms with van der Waals surface area (Å²) in [5, 5.41) is 30.1. The van der Waals surface area contributed by atoms with E-state index in [9.17, 15) is 52.7 Å². The molecule has 0 aromatic heterocycles. The van der Waals surface area contributed by atoms with Gasteiger partial charge in [0, 0.05) is 70.8 Å². The Morgan fingerprint density at radius 1 is 0.593 bits per heavy atom. The molecule has 0 bridgehead atoms. The Bertz CT molecular complexity index is 2750. The highest BCUT2D eigenvalue weighted by Crippen LogP contribution is 2.41. The lowest BCUT2D eigenvalue weighted by Gasteiger charge is -2.36. The second kappa shape index (κ2) is 30.9. The number of carbonyl (C=O) groups is 11. The predicted octanol–water partition coefficient (Wildman–Crippen LogP) is 1.05. The molecule has 30 nitrogen and oxygen atoms in total. The van der Waals surface area contributed by atoms with Crippen LogP contribution in [0, 0.1) is 10.8 Å².